The van der Waals surface area contributed by atoms with Crippen LogP contribution in [-0.4, -0.2) is 35.4 Å². The number of carbonyl (C=O) groups is 1. The van der Waals surface area contributed by atoms with Crippen LogP contribution >= 0.6 is 0 Å². The zero-order valence-corrected chi connectivity index (χ0v) is 14.5. The maximum atomic E-state index is 13.1. The van der Waals surface area contributed by atoms with Gasteiger partial charge in [-0.05, 0) is 35.7 Å². The number of amides is 1. The highest BCUT2D eigenvalue weighted by Crippen LogP contribution is 2.32. The van der Waals surface area contributed by atoms with E-state index in [4.69, 9.17) is 5.14 Å². The molecule has 3 aromatic rings. The van der Waals surface area contributed by atoms with Crippen LogP contribution in [0.5, 0.6) is 0 Å². The van der Waals surface area contributed by atoms with Crippen LogP contribution in [0.25, 0.3) is 5.52 Å². The van der Waals surface area contributed by atoms with Crippen molar-refractivity contribution in [1.29, 1.82) is 0 Å². The number of aromatic nitrogens is 2. The third-order valence-electron chi connectivity index (χ3n) is 4.52. The standard InChI is InChI=1S/C17H16N4O4S/c18-26(24,25)16-14-5-1-2-8-20(14)15(19-16)17(23)21-9-7-12-11(10-22)4-3-6-13(12)21/h1-6,8,22H,7,9-10H2,(H2,18,24,25). The second-order valence-corrected chi connectivity index (χ2v) is 7.50. The van der Waals surface area contributed by atoms with Crippen LogP contribution in [0.3, 0.4) is 0 Å². The van der Waals surface area contributed by atoms with E-state index in [1.54, 1.807) is 41.4 Å². The number of hydrogen-bond acceptors (Lipinski definition) is 5. The molecule has 2 aromatic heterocycles. The Labute approximate surface area is 149 Å². The molecule has 9 heteroatoms. The fourth-order valence-electron chi connectivity index (χ4n) is 3.36. The predicted octanol–water partition coefficient (Wildman–Crippen LogP) is 0.677. The van der Waals surface area contributed by atoms with E-state index in [0.717, 1.165) is 11.1 Å². The van der Waals surface area contributed by atoms with Crippen LogP contribution in [0.1, 0.15) is 21.7 Å². The molecule has 0 saturated carbocycles. The average molecular weight is 372 g/mol. The molecular formula is C17H16N4O4S. The molecule has 4 rings (SSSR count). The highest BCUT2D eigenvalue weighted by molar-refractivity contribution is 7.89. The molecule has 0 unspecified atom stereocenters. The minimum absolute atomic E-state index is 0.0214. The summed E-state index contributed by atoms with van der Waals surface area (Å²) < 4.78 is 25.1. The molecule has 3 heterocycles. The molecule has 0 aliphatic carbocycles. The Hall–Kier alpha value is -2.75. The van der Waals surface area contributed by atoms with Crippen molar-refractivity contribution in [3.63, 3.8) is 0 Å². The van der Waals surface area contributed by atoms with E-state index < -0.39 is 15.9 Å². The molecule has 0 radical (unpaired) electrons. The van der Waals surface area contributed by atoms with E-state index >= 15 is 0 Å². The number of fused-ring (bicyclic) bond motifs is 2. The fourth-order valence-corrected chi connectivity index (χ4v) is 4.03. The quantitative estimate of drug-likeness (QED) is 0.701. The number of nitrogens with zero attached hydrogens (tertiary/aromatic N) is 3. The van der Waals surface area contributed by atoms with Crippen LogP contribution in [0.2, 0.25) is 0 Å². The van der Waals surface area contributed by atoms with Crippen molar-refractivity contribution in [2.75, 3.05) is 11.4 Å². The maximum absolute atomic E-state index is 13.1. The number of imidazole rings is 1. The van der Waals surface area contributed by atoms with E-state index in [0.29, 0.717) is 18.7 Å². The summed E-state index contributed by atoms with van der Waals surface area (Å²) in [5, 5.41) is 14.4. The normalized spacial score (nSPS) is 14.0. The van der Waals surface area contributed by atoms with E-state index in [9.17, 15) is 18.3 Å². The van der Waals surface area contributed by atoms with E-state index in [2.05, 4.69) is 4.98 Å². The highest BCUT2D eigenvalue weighted by Gasteiger charge is 2.31. The summed E-state index contributed by atoms with van der Waals surface area (Å²) in [5.41, 5.74) is 2.64. The zero-order chi connectivity index (χ0) is 18.5. The van der Waals surface area contributed by atoms with Crippen molar-refractivity contribution in [2.45, 2.75) is 18.1 Å². The molecule has 0 fully saturated rings. The van der Waals surface area contributed by atoms with Crippen LogP contribution < -0.4 is 10.0 Å². The second-order valence-electron chi connectivity index (χ2n) is 6.02. The van der Waals surface area contributed by atoms with Crippen LogP contribution in [0.4, 0.5) is 5.69 Å². The Morgan fingerprint density at radius 3 is 2.77 bits per heavy atom. The van der Waals surface area contributed by atoms with Gasteiger partial charge in [-0.25, -0.2) is 18.5 Å². The molecule has 1 aliphatic heterocycles. The van der Waals surface area contributed by atoms with E-state index in [-0.39, 0.29) is 23.0 Å². The van der Waals surface area contributed by atoms with Crippen molar-refractivity contribution in [3.05, 3.63) is 59.5 Å². The van der Waals surface area contributed by atoms with Gasteiger partial charge in [-0.3, -0.25) is 9.20 Å². The Morgan fingerprint density at radius 1 is 1.23 bits per heavy atom. The monoisotopic (exact) mass is 372 g/mol. The lowest BCUT2D eigenvalue weighted by atomic mass is 10.1. The third kappa shape index (κ3) is 2.48. The average Bonchev–Trinajstić information content (AvgIpc) is 3.22. The Balaban J connectivity index is 1.85. The smallest absolute Gasteiger partial charge is 0.294 e. The molecule has 1 amide bonds. The van der Waals surface area contributed by atoms with Gasteiger partial charge in [-0.1, -0.05) is 18.2 Å². The number of aliphatic hydroxyl groups excluding tert-OH is 1. The number of sulfonamides is 1. The van der Waals surface area contributed by atoms with Gasteiger partial charge < -0.3 is 10.0 Å². The van der Waals surface area contributed by atoms with Gasteiger partial charge in [0.2, 0.25) is 5.82 Å². The number of nitrogens with two attached hydrogens (primary N) is 1. The van der Waals surface area contributed by atoms with Gasteiger partial charge in [0.25, 0.3) is 15.9 Å². The van der Waals surface area contributed by atoms with Gasteiger partial charge in [0, 0.05) is 18.4 Å². The first-order valence-electron chi connectivity index (χ1n) is 7.95. The Kier molecular flexibility index (Phi) is 3.79. The van der Waals surface area contributed by atoms with E-state index in [1.165, 1.54) is 4.40 Å². The minimum atomic E-state index is -4.07. The summed E-state index contributed by atoms with van der Waals surface area (Å²) in [7, 11) is -4.07. The third-order valence-corrected chi connectivity index (χ3v) is 5.35. The molecule has 1 aromatic carbocycles. The molecule has 1 aliphatic rings. The number of aliphatic hydroxyl groups is 1. The fraction of sp³-hybridized carbons (Fsp3) is 0.176. The predicted molar refractivity (Wildman–Crippen MR) is 94.3 cm³/mol. The van der Waals surface area contributed by atoms with Gasteiger partial charge in [-0.15, -0.1) is 0 Å². The molecule has 0 atom stereocenters. The molecule has 0 spiro atoms. The number of carbonyl (C=O) groups excluding carboxylic acids is 1. The van der Waals surface area contributed by atoms with Gasteiger partial charge in [-0.2, -0.15) is 0 Å². The summed E-state index contributed by atoms with van der Waals surface area (Å²) in [6.45, 7) is 0.324. The summed E-state index contributed by atoms with van der Waals surface area (Å²) >= 11 is 0. The van der Waals surface area contributed by atoms with Crippen LogP contribution in [0, 0.1) is 0 Å². The molecule has 26 heavy (non-hydrogen) atoms. The van der Waals surface area contributed by atoms with Gasteiger partial charge in [0.15, 0.2) is 5.03 Å². The second kappa shape index (κ2) is 5.90. The maximum Gasteiger partial charge on any atom is 0.294 e. The Bertz CT molecular complexity index is 1140. The van der Waals surface area contributed by atoms with Crippen LogP contribution in [0.15, 0.2) is 47.6 Å². The largest absolute Gasteiger partial charge is 0.392 e. The first-order chi connectivity index (χ1) is 12.4. The topological polar surface area (TPSA) is 118 Å². The molecule has 3 N–H and O–H groups in total. The minimum Gasteiger partial charge on any atom is -0.392 e. The lowest BCUT2D eigenvalue weighted by Gasteiger charge is -2.17. The van der Waals surface area contributed by atoms with Crippen molar-refractivity contribution < 1.29 is 18.3 Å². The number of rotatable bonds is 3. The van der Waals surface area contributed by atoms with Crippen LogP contribution in [-0.2, 0) is 23.1 Å². The highest BCUT2D eigenvalue weighted by atomic mass is 32.2. The zero-order valence-electron chi connectivity index (χ0n) is 13.7. The lowest BCUT2D eigenvalue weighted by molar-refractivity contribution is 0.0978. The van der Waals surface area contributed by atoms with Gasteiger partial charge >= 0.3 is 0 Å². The van der Waals surface area contributed by atoms with Gasteiger partial charge in [0.05, 0.1) is 12.1 Å². The summed E-state index contributed by atoms with van der Waals surface area (Å²) in [4.78, 5) is 18.7. The summed E-state index contributed by atoms with van der Waals surface area (Å²) in [6.07, 6.45) is 2.19. The summed E-state index contributed by atoms with van der Waals surface area (Å²) in [5.74, 6) is -0.443. The lowest BCUT2D eigenvalue weighted by Crippen LogP contribution is -2.30. The van der Waals surface area contributed by atoms with Crippen molar-refractivity contribution in [2.24, 2.45) is 5.14 Å². The molecule has 134 valence electrons. The number of anilines is 1. The number of benzene rings is 1. The number of primary sulfonamides is 1. The van der Waals surface area contributed by atoms with Crippen molar-refractivity contribution >= 4 is 27.1 Å². The van der Waals surface area contributed by atoms with Crippen molar-refractivity contribution in [3.8, 4) is 0 Å². The van der Waals surface area contributed by atoms with Gasteiger partial charge in [0.1, 0.15) is 0 Å². The number of hydrogen-bond donors (Lipinski definition) is 2. The number of pyridine rings is 1. The molecular weight excluding hydrogens is 356 g/mol. The molecule has 0 bridgehead atoms. The van der Waals surface area contributed by atoms with Crippen molar-refractivity contribution in [1.82, 2.24) is 9.38 Å². The van der Waals surface area contributed by atoms with E-state index in [1.807, 2.05) is 6.07 Å². The molecule has 8 nitrogen and oxygen atoms in total. The Morgan fingerprint density at radius 2 is 2.04 bits per heavy atom. The molecule has 0 saturated heterocycles. The SMILES string of the molecule is NS(=O)(=O)c1nc(C(=O)N2CCc3c(CO)cccc32)n2ccccc12. The first kappa shape index (κ1) is 16.7. The summed E-state index contributed by atoms with van der Waals surface area (Å²) in [6, 6.07) is 10.3. The first-order valence-corrected chi connectivity index (χ1v) is 9.50.